The molecule has 3 aromatic rings. The van der Waals surface area contributed by atoms with E-state index in [0.717, 1.165) is 15.4 Å². The summed E-state index contributed by atoms with van der Waals surface area (Å²) >= 11 is 6.34. The maximum Gasteiger partial charge on any atom is 0.264 e. The number of carbonyl (C=O) groups is 2. The number of sulfonamides is 1. The molecule has 0 aromatic heterocycles. The van der Waals surface area contributed by atoms with E-state index in [2.05, 4.69) is 5.32 Å². The van der Waals surface area contributed by atoms with Crippen LogP contribution in [0.15, 0.2) is 71.6 Å². The number of likely N-dealkylation sites (N-methyl/N-ethyl adjacent to an activating group) is 1. The van der Waals surface area contributed by atoms with Crippen LogP contribution in [0.2, 0.25) is 5.02 Å². The summed E-state index contributed by atoms with van der Waals surface area (Å²) < 4.78 is 34.1. The molecule has 1 atom stereocenters. The molecular weight excluding hydrogens is 526 g/mol. The largest absolute Gasteiger partial charge is 0.497 e. The molecule has 0 aliphatic heterocycles. The molecule has 38 heavy (non-hydrogen) atoms. The van der Waals surface area contributed by atoms with Gasteiger partial charge < -0.3 is 15.0 Å². The van der Waals surface area contributed by atoms with Crippen molar-refractivity contribution in [3.63, 3.8) is 0 Å². The Kier molecular flexibility index (Phi) is 9.40. The van der Waals surface area contributed by atoms with E-state index >= 15 is 0 Å². The lowest BCUT2D eigenvalue weighted by molar-refractivity contribution is -0.139. The Morgan fingerprint density at radius 2 is 1.68 bits per heavy atom. The van der Waals surface area contributed by atoms with Crippen molar-refractivity contribution < 1.29 is 22.7 Å². The number of anilines is 1. The van der Waals surface area contributed by atoms with Crippen molar-refractivity contribution in [2.75, 3.05) is 25.0 Å². The van der Waals surface area contributed by atoms with Crippen LogP contribution in [0, 0.1) is 13.8 Å². The van der Waals surface area contributed by atoms with Gasteiger partial charge in [-0.3, -0.25) is 13.9 Å². The van der Waals surface area contributed by atoms with E-state index in [9.17, 15) is 18.0 Å². The SMILES string of the molecule is CNC(=O)[C@H](C)N(Cc1cccc(OC)c1)C(=O)CN(c1cccc(Cl)c1C)S(=O)(=O)c1ccc(C)cc1. The number of halogens is 1. The second-order valence-electron chi connectivity index (χ2n) is 8.87. The Balaban J connectivity index is 2.08. The van der Waals surface area contributed by atoms with E-state index in [-0.39, 0.29) is 23.0 Å². The van der Waals surface area contributed by atoms with Gasteiger partial charge in [-0.25, -0.2) is 8.42 Å². The molecule has 8 nitrogen and oxygen atoms in total. The number of rotatable bonds is 10. The molecule has 0 spiro atoms. The molecule has 0 bridgehead atoms. The van der Waals surface area contributed by atoms with Crippen molar-refractivity contribution in [2.45, 2.75) is 38.3 Å². The molecule has 0 radical (unpaired) electrons. The summed E-state index contributed by atoms with van der Waals surface area (Å²) in [6, 6.07) is 17.5. The van der Waals surface area contributed by atoms with Gasteiger partial charge in [-0.2, -0.15) is 0 Å². The number of methoxy groups -OCH3 is 1. The molecule has 202 valence electrons. The Labute approximate surface area is 229 Å². The van der Waals surface area contributed by atoms with Gasteiger partial charge >= 0.3 is 0 Å². The number of hydrogen-bond acceptors (Lipinski definition) is 5. The summed E-state index contributed by atoms with van der Waals surface area (Å²) in [4.78, 5) is 27.8. The molecule has 1 N–H and O–H groups in total. The van der Waals surface area contributed by atoms with Gasteiger partial charge in [0.1, 0.15) is 18.3 Å². The van der Waals surface area contributed by atoms with Crippen LogP contribution in [-0.4, -0.2) is 51.9 Å². The van der Waals surface area contributed by atoms with Crippen LogP contribution in [-0.2, 0) is 26.2 Å². The second kappa shape index (κ2) is 12.3. The first-order chi connectivity index (χ1) is 18.0. The molecule has 0 unspecified atom stereocenters. The Bertz CT molecular complexity index is 1410. The van der Waals surface area contributed by atoms with Crippen LogP contribution in [0.5, 0.6) is 5.75 Å². The van der Waals surface area contributed by atoms with Gasteiger partial charge in [-0.05, 0) is 68.3 Å². The van der Waals surface area contributed by atoms with Gasteiger partial charge in [0.05, 0.1) is 17.7 Å². The molecule has 3 rings (SSSR count). The highest BCUT2D eigenvalue weighted by molar-refractivity contribution is 7.92. The highest BCUT2D eigenvalue weighted by Gasteiger charge is 2.33. The van der Waals surface area contributed by atoms with Gasteiger partial charge in [-0.1, -0.05) is 47.5 Å². The number of ether oxygens (including phenoxy) is 1. The number of nitrogens with zero attached hydrogens (tertiary/aromatic N) is 2. The zero-order valence-electron chi connectivity index (χ0n) is 22.1. The number of carbonyl (C=O) groups excluding carboxylic acids is 2. The smallest absolute Gasteiger partial charge is 0.264 e. The number of benzene rings is 3. The van der Waals surface area contributed by atoms with Gasteiger partial charge in [-0.15, -0.1) is 0 Å². The van der Waals surface area contributed by atoms with Crippen LogP contribution in [0.1, 0.15) is 23.6 Å². The molecule has 0 saturated carbocycles. The Morgan fingerprint density at radius 1 is 1.03 bits per heavy atom. The van der Waals surface area contributed by atoms with Gasteiger partial charge in [0, 0.05) is 18.6 Å². The van der Waals surface area contributed by atoms with Gasteiger partial charge in [0.25, 0.3) is 10.0 Å². The van der Waals surface area contributed by atoms with Gasteiger partial charge in [0.2, 0.25) is 11.8 Å². The molecule has 2 amide bonds. The standard InChI is InChI=1S/C28H32ClN3O5S/c1-19-12-14-24(15-13-19)38(35,36)32(26-11-7-10-25(29)20(26)2)18-27(33)31(21(3)28(34)30-4)17-22-8-6-9-23(16-22)37-5/h6-16,21H,17-18H2,1-5H3,(H,30,34)/t21-/m0/s1. The summed E-state index contributed by atoms with van der Waals surface area (Å²) in [5, 5.41) is 2.93. The lowest BCUT2D eigenvalue weighted by Crippen LogP contribution is -2.50. The zero-order chi connectivity index (χ0) is 28.0. The van der Waals surface area contributed by atoms with Crippen LogP contribution < -0.4 is 14.4 Å². The first-order valence-electron chi connectivity index (χ1n) is 12.0. The van der Waals surface area contributed by atoms with Crippen molar-refractivity contribution in [3.8, 4) is 5.75 Å². The third kappa shape index (κ3) is 6.46. The summed E-state index contributed by atoms with van der Waals surface area (Å²) in [5.41, 5.74) is 2.41. The van der Waals surface area contributed by atoms with Crippen molar-refractivity contribution in [1.82, 2.24) is 10.2 Å². The number of amides is 2. The Hall–Kier alpha value is -3.56. The molecule has 0 fully saturated rings. The lowest BCUT2D eigenvalue weighted by Gasteiger charge is -2.32. The monoisotopic (exact) mass is 557 g/mol. The number of nitrogens with one attached hydrogen (secondary N) is 1. The van der Waals surface area contributed by atoms with Crippen LogP contribution >= 0.6 is 11.6 Å². The fourth-order valence-corrected chi connectivity index (χ4v) is 5.62. The minimum atomic E-state index is -4.17. The molecule has 0 saturated heterocycles. The highest BCUT2D eigenvalue weighted by Crippen LogP contribution is 2.31. The summed E-state index contributed by atoms with van der Waals surface area (Å²) in [7, 11) is -1.15. The highest BCUT2D eigenvalue weighted by atomic mass is 35.5. The van der Waals surface area contributed by atoms with Crippen molar-refractivity contribution in [1.29, 1.82) is 0 Å². The maximum atomic E-state index is 13.9. The van der Waals surface area contributed by atoms with Crippen molar-refractivity contribution in [2.24, 2.45) is 0 Å². The summed E-state index contributed by atoms with van der Waals surface area (Å²) in [6.07, 6.45) is 0. The Morgan fingerprint density at radius 3 is 2.32 bits per heavy atom. The third-order valence-corrected chi connectivity index (χ3v) is 8.48. The van der Waals surface area contributed by atoms with E-state index in [1.54, 1.807) is 68.4 Å². The molecule has 3 aromatic carbocycles. The average Bonchev–Trinajstić information content (AvgIpc) is 2.91. The van der Waals surface area contributed by atoms with E-state index in [1.807, 2.05) is 6.92 Å². The lowest BCUT2D eigenvalue weighted by atomic mass is 10.1. The van der Waals surface area contributed by atoms with Crippen molar-refractivity contribution in [3.05, 3.63) is 88.4 Å². The molecule has 0 aliphatic carbocycles. The first kappa shape index (κ1) is 29.0. The molecular formula is C28H32ClN3O5S. The predicted octanol–water partition coefficient (Wildman–Crippen LogP) is 4.32. The zero-order valence-corrected chi connectivity index (χ0v) is 23.6. The minimum absolute atomic E-state index is 0.0361. The number of hydrogen-bond donors (Lipinski definition) is 1. The fraction of sp³-hybridized carbons (Fsp3) is 0.286. The molecule has 0 aliphatic rings. The van der Waals surface area contributed by atoms with E-state index in [0.29, 0.717) is 16.3 Å². The van der Waals surface area contributed by atoms with Crippen LogP contribution in [0.4, 0.5) is 5.69 Å². The second-order valence-corrected chi connectivity index (χ2v) is 11.1. The normalized spacial score (nSPS) is 11.9. The van der Waals surface area contributed by atoms with Gasteiger partial charge in [0.15, 0.2) is 0 Å². The van der Waals surface area contributed by atoms with Crippen molar-refractivity contribution >= 4 is 39.1 Å². The summed E-state index contributed by atoms with van der Waals surface area (Å²) in [5.74, 6) is -0.340. The van der Waals surface area contributed by atoms with Crippen LogP contribution in [0.3, 0.4) is 0 Å². The topological polar surface area (TPSA) is 96.0 Å². The maximum absolute atomic E-state index is 13.9. The van der Waals surface area contributed by atoms with E-state index in [1.165, 1.54) is 31.2 Å². The predicted molar refractivity (Wildman–Crippen MR) is 149 cm³/mol. The van der Waals surface area contributed by atoms with E-state index in [4.69, 9.17) is 16.3 Å². The average molecular weight is 558 g/mol. The number of aryl methyl sites for hydroxylation is 1. The summed E-state index contributed by atoms with van der Waals surface area (Å²) in [6.45, 7) is 4.68. The minimum Gasteiger partial charge on any atom is -0.497 e. The molecule has 10 heteroatoms. The fourth-order valence-electron chi connectivity index (χ4n) is 3.98. The molecule has 0 heterocycles. The quantitative estimate of drug-likeness (QED) is 0.400. The third-order valence-electron chi connectivity index (χ3n) is 6.30. The van der Waals surface area contributed by atoms with E-state index < -0.39 is 28.5 Å². The first-order valence-corrected chi connectivity index (χ1v) is 13.8. The van der Waals surface area contributed by atoms with Crippen LogP contribution in [0.25, 0.3) is 0 Å².